The Balaban J connectivity index is 1.69. The van der Waals surface area contributed by atoms with E-state index in [1.807, 2.05) is 27.7 Å². The van der Waals surface area contributed by atoms with Gasteiger partial charge < -0.3 is 20.0 Å². The van der Waals surface area contributed by atoms with Gasteiger partial charge in [0.05, 0.1) is 17.6 Å². The summed E-state index contributed by atoms with van der Waals surface area (Å²) < 4.78 is 14.9. The van der Waals surface area contributed by atoms with Gasteiger partial charge >= 0.3 is 5.97 Å². The largest absolute Gasteiger partial charge is 0.481 e. The number of piperidine rings is 2. The highest BCUT2D eigenvalue weighted by molar-refractivity contribution is 6.99. The number of ether oxygens (including phenoxy) is 1. The Hall–Kier alpha value is -1.45. The van der Waals surface area contributed by atoms with Gasteiger partial charge in [0, 0.05) is 37.0 Å². The van der Waals surface area contributed by atoms with E-state index >= 15 is 0 Å². The molecule has 26 heavy (non-hydrogen) atoms. The SMILES string of the molecule is CC1(C)CC(Oc2nsnc2N2CCC(C(=O)O)CC2)CC(C)(C)N1O. The summed E-state index contributed by atoms with van der Waals surface area (Å²) in [6, 6.07) is 0. The number of carboxylic acids is 1. The Bertz CT molecular complexity index is 637. The number of hydrogen-bond donors (Lipinski definition) is 2. The zero-order valence-electron chi connectivity index (χ0n) is 15.8. The first-order valence-electron chi connectivity index (χ1n) is 9.06. The molecule has 1 aromatic heterocycles. The number of hydrogen-bond acceptors (Lipinski definition) is 8. The van der Waals surface area contributed by atoms with Gasteiger partial charge in [-0.15, -0.1) is 4.37 Å². The van der Waals surface area contributed by atoms with Crippen molar-refractivity contribution in [3.63, 3.8) is 0 Å². The van der Waals surface area contributed by atoms with Gasteiger partial charge in [0.15, 0.2) is 0 Å². The number of carboxylic acid groups (broad SMARTS) is 1. The zero-order chi connectivity index (χ0) is 19.1. The predicted molar refractivity (Wildman–Crippen MR) is 97.9 cm³/mol. The van der Waals surface area contributed by atoms with Crippen LogP contribution in [-0.4, -0.2) is 60.4 Å². The number of hydroxylamine groups is 2. The first-order chi connectivity index (χ1) is 12.1. The van der Waals surface area contributed by atoms with Crippen molar-refractivity contribution in [2.75, 3.05) is 18.0 Å². The third-order valence-corrected chi connectivity index (χ3v) is 5.97. The molecule has 0 aliphatic carbocycles. The van der Waals surface area contributed by atoms with Crippen molar-refractivity contribution >= 4 is 23.5 Å². The van der Waals surface area contributed by atoms with Crippen molar-refractivity contribution in [1.82, 2.24) is 13.8 Å². The fourth-order valence-corrected chi connectivity index (χ4v) is 4.71. The fourth-order valence-electron chi connectivity index (χ4n) is 4.20. The maximum absolute atomic E-state index is 11.1. The van der Waals surface area contributed by atoms with Gasteiger partial charge in [-0.05, 0) is 40.5 Å². The van der Waals surface area contributed by atoms with Crippen LogP contribution in [0.15, 0.2) is 0 Å². The molecule has 2 aliphatic rings. The van der Waals surface area contributed by atoms with Gasteiger partial charge in [-0.2, -0.15) is 9.44 Å². The Morgan fingerprint density at radius 1 is 1.15 bits per heavy atom. The van der Waals surface area contributed by atoms with Crippen LogP contribution in [0, 0.1) is 5.92 Å². The van der Waals surface area contributed by atoms with E-state index in [9.17, 15) is 10.0 Å². The van der Waals surface area contributed by atoms with Gasteiger partial charge in [0.2, 0.25) is 5.82 Å². The first-order valence-corrected chi connectivity index (χ1v) is 9.79. The molecule has 2 saturated heterocycles. The van der Waals surface area contributed by atoms with Gasteiger partial charge in [-0.3, -0.25) is 4.79 Å². The van der Waals surface area contributed by atoms with E-state index in [-0.39, 0.29) is 12.0 Å². The zero-order valence-corrected chi connectivity index (χ0v) is 16.6. The Labute approximate surface area is 158 Å². The van der Waals surface area contributed by atoms with Crippen LogP contribution in [0.3, 0.4) is 0 Å². The highest BCUT2D eigenvalue weighted by Gasteiger charge is 2.46. The summed E-state index contributed by atoms with van der Waals surface area (Å²) in [6.07, 6.45) is 2.52. The summed E-state index contributed by atoms with van der Waals surface area (Å²) in [5.41, 5.74) is -0.786. The minimum atomic E-state index is -0.724. The predicted octanol–water partition coefficient (Wildman–Crippen LogP) is 2.63. The van der Waals surface area contributed by atoms with Gasteiger partial charge in [-0.1, -0.05) is 0 Å². The third-order valence-electron chi connectivity index (χ3n) is 5.47. The van der Waals surface area contributed by atoms with Crippen LogP contribution in [0.5, 0.6) is 5.88 Å². The normalized spacial score (nSPS) is 24.6. The van der Waals surface area contributed by atoms with Crippen LogP contribution < -0.4 is 9.64 Å². The maximum Gasteiger partial charge on any atom is 0.306 e. The smallest absolute Gasteiger partial charge is 0.306 e. The molecular weight excluding hydrogens is 356 g/mol. The van der Waals surface area contributed by atoms with E-state index in [1.165, 1.54) is 5.06 Å². The molecule has 0 bridgehead atoms. The van der Waals surface area contributed by atoms with E-state index in [0.29, 0.717) is 50.5 Å². The molecule has 0 radical (unpaired) electrons. The second kappa shape index (κ2) is 6.94. The second-order valence-electron chi connectivity index (χ2n) is 8.58. The lowest BCUT2D eigenvalue weighted by atomic mass is 9.80. The summed E-state index contributed by atoms with van der Waals surface area (Å²) >= 11 is 1.11. The first kappa shape index (κ1) is 19.3. The molecule has 2 N–H and O–H groups in total. The molecule has 0 aromatic carbocycles. The molecule has 0 spiro atoms. The molecule has 0 unspecified atom stereocenters. The van der Waals surface area contributed by atoms with Gasteiger partial charge in [0.1, 0.15) is 6.10 Å². The molecular formula is C17H28N4O4S. The van der Waals surface area contributed by atoms with Crippen molar-refractivity contribution in [1.29, 1.82) is 0 Å². The maximum atomic E-state index is 11.1. The summed E-state index contributed by atoms with van der Waals surface area (Å²) in [5.74, 6) is 0.225. The molecule has 146 valence electrons. The number of anilines is 1. The lowest BCUT2D eigenvalue weighted by Crippen LogP contribution is -2.61. The van der Waals surface area contributed by atoms with E-state index in [4.69, 9.17) is 9.84 Å². The number of aliphatic carboxylic acids is 1. The van der Waals surface area contributed by atoms with Crippen molar-refractivity contribution in [3.8, 4) is 5.88 Å². The Morgan fingerprint density at radius 2 is 1.73 bits per heavy atom. The molecule has 0 amide bonds. The summed E-state index contributed by atoms with van der Waals surface area (Å²) in [4.78, 5) is 13.2. The molecule has 0 atom stereocenters. The number of aromatic nitrogens is 2. The van der Waals surface area contributed by atoms with Crippen LogP contribution >= 0.6 is 11.7 Å². The van der Waals surface area contributed by atoms with Crippen molar-refractivity contribution in [2.24, 2.45) is 5.92 Å². The van der Waals surface area contributed by atoms with Crippen LogP contribution in [0.1, 0.15) is 53.4 Å². The molecule has 1 aromatic rings. The topological polar surface area (TPSA) is 99.0 Å². The van der Waals surface area contributed by atoms with Gasteiger partial charge in [-0.25, -0.2) is 0 Å². The van der Waals surface area contributed by atoms with Crippen molar-refractivity contribution in [3.05, 3.63) is 0 Å². The minimum Gasteiger partial charge on any atom is -0.481 e. The molecule has 9 heteroatoms. The Morgan fingerprint density at radius 3 is 2.27 bits per heavy atom. The molecule has 8 nitrogen and oxygen atoms in total. The molecule has 2 aliphatic heterocycles. The van der Waals surface area contributed by atoms with Gasteiger partial charge in [0.25, 0.3) is 5.88 Å². The van der Waals surface area contributed by atoms with Crippen LogP contribution in [0.2, 0.25) is 0 Å². The summed E-state index contributed by atoms with van der Waals surface area (Å²) in [5, 5.41) is 21.0. The van der Waals surface area contributed by atoms with Crippen LogP contribution in [0.4, 0.5) is 5.82 Å². The monoisotopic (exact) mass is 384 g/mol. The molecule has 0 saturated carbocycles. The number of nitrogens with zero attached hydrogens (tertiary/aromatic N) is 4. The molecule has 3 rings (SSSR count). The van der Waals surface area contributed by atoms with E-state index in [2.05, 4.69) is 13.6 Å². The number of carbonyl (C=O) groups is 1. The fraction of sp³-hybridized carbons (Fsp3) is 0.824. The minimum absolute atomic E-state index is 0.0670. The highest BCUT2D eigenvalue weighted by atomic mass is 32.1. The quantitative estimate of drug-likeness (QED) is 0.817. The summed E-state index contributed by atoms with van der Waals surface area (Å²) in [7, 11) is 0. The average Bonchev–Trinajstić information content (AvgIpc) is 3.00. The van der Waals surface area contributed by atoms with E-state index in [0.717, 1.165) is 11.7 Å². The van der Waals surface area contributed by atoms with Crippen LogP contribution in [0.25, 0.3) is 0 Å². The molecule has 3 heterocycles. The molecule has 2 fully saturated rings. The van der Waals surface area contributed by atoms with E-state index in [1.54, 1.807) is 0 Å². The summed E-state index contributed by atoms with van der Waals surface area (Å²) in [6.45, 7) is 9.29. The lowest BCUT2D eigenvalue weighted by Gasteiger charge is -2.51. The Kier molecular flexibility index (Phi) is 5.15. The standard InChI is InChI=1S/C17H28N4O4S/c1-16(2)9-12(10-17(3,4)21(16)24)25-14-13(18-26-19-14)20-7-5-11(6-8-20)15(22)23/h11-12,24H,5-10H2,1-4H3,(H,22,23). The van der Waals surface area contributed by atoms with Crippen molar-refractivity contribution in [2.45, 2.75) is 70.6 Å². The highest BCUT2D eigenvalue weighted by Crippen LogP contribution is 2.39. The third kappa shape index (κ3) is 3.79. The second-order valence-corrected chi connectivity index (χ2v) is 9.11. The number of rotatable bonds is 4. The van der Waals surface area contributed by atoms with Crippen LogP contribution in [-0.2, 0) is 4.79 Å². The lowest BCUT2D eigenvalue weighted by molar-refractivity contribution is -0.255. The average molecular weight is 385 g/mol. The van der Waals surface area contributed by atoms with Crippen molar-refractivity contribution < 1.29 is 19.8 Å². The van der Waals surface area contributed by atoms with E-state index < -0.39 is 17.0 Å².